The van der Waals surface area contributed by atoms with E-state index in [0.29, 0.717) is 38.2 Å². The average Bonchev–Trinajstić information content (AvgIpc) is 2.88. The van der Waals surface area contributed by atoms with Crippen LogP contribution in [0, 0.1) is 6.92 Å². The molecule has 0 bridgehead atoms. The molecule has 1 amide bonds. The van der Waals surface area contributed by atoms with Crippen LogP contribution in [0.3, 0.4) is 0 Å². The molecule has 1 aromatic heterocycles. The molecule has 0 atom stereocenters. The molecular formula is C19H23N3O3S. The number of benzene rings is 1. The second kappa shape index (κ2) is 7.97. The van der Waals surface area contributed by atoms with E-state index in [4.69, 9.17) is 0 Å². The largest absolute Gasteiger partial charge is 0.337 e. The monoisotopic (exact) mass is 373 g/mol. The minimum absolute atomic E-state index is 0.00870. The zero-order chi connectivity index (χ0) is 18.6. The third-order valence-electron chi connectivity index (χ3n) is 4.48. The fraction of sp³-hybridized carbons (Fsp3) is 0.368. The summed E-state index contributed by atoms with van der Waals surface area (Å²) in [6.45, 7) is 3.64. The Labute approximate surface area is 154 Å². The first-order valence-electron chi connectivity index (χ1n) is 8.68. The van der Waals surface area contributed by atoms with Crippen LogP contribution in [0.1, 0.15) is 27.9 Å². The lowest BCUT2D eigenvalue weighted by molar-refractivity contribution is 0.0764. The second-order valence-electron chi connectivity index (χ2n) is 6.53. The number of carbonyl (C=O) groups excluding carboxylic acids is 1. The Kier molecular flexibility index (Phi) is 5.68. The van der Waals surface area contributed by atoms with E-state index in [9.17, 15) is 13.2 Å². The number of hydrogen-bond donors (Lipinski definition) is 0. The van der Waals surface area contributed by atoms with Gasteiger partial charge in [-0.05, 0) is 31.0 Å². The minimum Gasteiger partial charge on any atom is -0.337 e. The highest BCUT2D eigenvalue weighted by Gasteiger charge is 2.27. The zero-order valence-corrected chi connectivity index (χ0v) is 15.7. The average molecular weight is 373 g/mol. The van der Waals surface area contributed by atoms with E-state index in [2.05, 4.69) is 4.98 Å². The molecule has 0 radical (unpaired) electrons. The van der Waals surface area contributed by atoms with Crippen molar-refractivity contribution in [2.24, 2.45) is 0 Å². The van der Waals surface area contributed by atoms with Gasteiger partial charge in [0.15, 0.2) is 0 Å². The Morgan fingerprint density at radius 2 is 1.96 bits per heavy atom. The molecule has 2 heterocycles. The molecule has 1 fully saturated rings. The molecule has 0 spiro atoms. The van der Waals surface area contributed by atoms with E-state index in [1.165, 1.54) is 4.31 Å². The number of amides is 1. The highest BCUT2D eigenvalue weighted by atomic mass is 32.2. The van der Waals surface area contributed by atoms with Crippen LogP contribution in [0.5, 0.6) is 0 Å². The van der Waals surface area contributed by atoms with E-state index in [1.54, 1.807) is 29.4 Å². The summed E-state index contributed by atoms with van der Waals surface area (Å²) in [6, 6.07) is 11.0. The van der Waals surface area contributed by atoms with E-state index in [-0.39, 0.29) is 11.7 Å². The van der Waals surface area contributed by atoms with Crippen LogP contribution < -0.4 is 0 Å². The molecule has 26 heavy (non-hydrogen) atoms. The van der Waals surface area contributed by atoms with E-state index in [0.717, 1.165) is 11.1 Å². The van der Waals surface area contributed by atoms with Crippen molar-refractivity contribution >= 4 is 15.9 Å². The Hall–Kier alpha value is -2.25. The molecule has 0 aliphatic carbocycles. The first kappa shape index (κ1) is 18.5. The Balaban J connectivity index is 1.67. The fourth-order valence-electron chi connectivity index (χ4n) is 3.15. The molecule has 1 aromatic carbocycles. The Bertz CT molecular complexity index is 869. The smallest absolute Gasteiger partial charge is 0.255 e. The molecular weight excluding hydrogens is 350 g/mol. The number of sulfonamides is 1. The summed E-state index contributed by atoms with van der Waals surface area (Å²) in [7, 11) is -3.41. The number of hydrogen-bond acceptors (Lipinski definition) is 4. The van der Waals surface area contributed by atoms with Gasteiger partial charge in [-0.3, -0.25) is 9.78 Å². The molecule has 1 aliphatic heterocycles. The number of aromatic nitrogens is 1. The van der Waals surface area contributed by atoms with Gasteiger partial charge in [-0.25, -0.2) is 8.42 Å². The van der Waals surface area contributed by atoms with E-state index < -0.39 is 10.0 Å². The van der Waals surface area contributed by atoms with Gasteiger partial charge in [0.05, 0.1) is 11.3 Å². The van der Waals surface area contributed by atoms with Gasteiger partial charge in [0.2, 0.25) is 10.0 Å². The summed E-state index contributed by atoms with van der Waals surface area (Å²) < 4.78 is 27.1. The van der Waals surface area contributed by atoms with Crippen molar-refractivity contribution in [1.29, 1.82) is 0 Å². The van der Waals surface area contributed by atoms with Crippen molar-refractivity contribution in [2.75, 3.05) is 26.2 Å². The normalized spacial score (nSPS) is 16.3. The number of pyridine rings is 1. The van der Waals surface area contributed by atoms with Crippen LogP contribution in [-0.2, 0) is 15.8 Å². The molecule has 0 unspecified atom stereocenters. The minimum atomic E-state index is -3.41. The highest BCUT2D eigenvalue weighted by Crippen LogP contribution is 2.16. The van der Waals surface area contributed by atoms with Gasteiger partial charge in [0, 0.05) is 38.6 Å². The summed E-state index contributed by atoms with van der Waals surface area (Å²) in [6.07, 6.45) is 3.79. The van der Waals surface area contributed by atoms with Gasteiger partial charge in [-0.15, -0.1) is 0 Å². The maximum atomic E-state index is 12.8. The first-order chi connectivity index (χ1) is 12.5. The lowest BCUT2D eigenvalue weighted by atomic mass is 10.2. The van der Waals surface area contributed by atoms with Crippen LogP contribution in [0.4, 0.5) is 0 Å². The predicted molar refractivity (Wildman–Crippen MR) is 100 cm³/mol. The molecule has 7 heteroatoms. The van der Waals surface area contributed by atoms with Gasteiger partial charge in [0.1, 0.15) is 0 Å². The van der Waals surface area contributed by atoms with Crippen molar-refractivity contribution in [3.8, 4) is 0 Å². The van der Waals surface area contributed by atoms with Crippen molar-refractivity contribution in [3.63, 3.8) is 0 Å². The number of carbonyl (C=O) groups is 1. The SMILES string of the molecule is Cc1cccc(CS(=O)(=O)N2CCCN(C(=O)c3cccnc3)CC2)c1. The van der Waals surface area contributed by atoms with Crippen molar-refractivity contribution in [2.45, 2.75) is 19.1 Å². The Morgan fingerprint density at radius 3 is 2.69 bits per heavy atom. The topological polar surface area (TPSA) is 70.6 Å². The van der Waals surface area contributed by atoms with Gasteiger partial charge in [-0.2, -0.15) is 4.31 Å². The number of rotatable bonds is 4. The van der Waals surface area contributed by atoms with Crippen LogP contribution in [0.2, 0.25) is 0 Å². The predicted octanol–water partition coefficient (Wildman–Crippen LogP) is 2.07. The molecule has 3 rings (SSSR count). The van der Waals surface area contributed by atoms with Gasteiger partial charge < -0.3 is 4.90 Å². The lowest BCUT2D eigenvalue weighted by Gasteiger charge is -2.22. The summed E-state index contributed by atoms with van der Waals surface area (Å²) in [5.41, 5.74) is 2.36. The molecule has 1 aliphatic rings. The third-order valence-corrected chi connectivity index (χ3v) is 6.33. The molecule has 0 saturated carbocycles. The summed E-state index contributed by atoms with van der Waals surface area (Å²) >= 11 is 0. The third kappa shape index (κ3) is 4.47. The Morgan fingerprint density at radius 1 is 1.12 bits per heavy atom. The fourth-order valence-corrected chi connectivity index (χ4v) is 4.70. The second-order valence-corrected chi connectivity index (χ2v) is 8.50. The van der Waals surface area contributed by atoms with Crippen LogP contribution >= 0.6 is 0 Å². The summed E-state index contributed by atoms with van der Waals surface area (Å²) in [4.78, 5) is 18.2. The van der Waals surface area contributed by atoms with Gasteiger partial charge >= 0.3 is 0 Å². The van der Waals surface area contributed by atoms with Crippen molar-refractivity contribution < 1.29 is 13.2 Å². The molecule has 0 N–H and O–H groups in total. The van der Waals surface area contributed by atoms with Crippen LogP contribution in [0.15, 0.2) is 48.8 Å². The van der Waals surface area contributed by atoms with Crippen LogP contribution in [-0.4, -0.2) is 54.7 Å². The molecule has 138 valence electrons. The summed E-state index contributed by atoms with van der Waals surface area (Å²) in [5, 5.41) is 0. The first-order valence-corrected chi connectivity index (χ1v) is 10.3. The number of aryl methyl sites for hydroxylation is 1. The zero-order valence-electron chi connectivity index (χ0n) is 14.8. The molecule has 2 aromatic rings. The van der Waals surface area contributed by atoms with E-state index >= 15 is 0 Å². The van der Waals surface area contributed by atoms with Crippen molar-refractivity contribution in [3.05, 3.63) is 65.5 Å². The number of nitrogens with zero attached hydrogens (tertiary/aromatic N) is 3. The highest BCUT2D eigenvalue weighted by molar-refractivity contribution is 7.88. The quantitative estimate of drug-likeness (QED) is 0.823. The maximum absolute atomic E-state index is 12.8. The van der Waals surface area contributed by atoms with E-state index in [1.807, 2.05) is 31.2 Å². The summed E-state index contributed by atoms with van der Waals surface area (Å²) in [5.74, 6) is -0.110. The molecule has 1 saturated heterocycles. The van der Waals surface area contributed by atoms with Gasteiger partial charge in [-0.1, -0.05) is 29.8 Å². The van der Waals surface area contributed by atoms with Gasteiger partial charge in [0.25, 0.3) is 5.91 Å². The molecule has 6 nitrogen and oxygen atoms in total. The lowest BCUT2D eigenvalue weighted by Crippen LogP contribution is -2.37. The van der Waals surface area contributed by atoms with Crippen LogP contribution in [0.25, 0.3) is 0 Å². The standard InChI is InChI=1S/C19H23N3O3S/c1-16-5-2-6-17(13-16)15-26(24,25)22-10-4-9-21(11-12-22)19(23)18-7-3-8-20-14-18/h2-3,5-8,13-14H,4,9-12,15H2,1H3. The van der Waals surface area contributed by atoms with Crippen molar-refractivity contribution in [1.82, 2.24) is 14.2 Å². The maximum Gasteiger partial charge on any atom is 0.255 e.